The van der Waals surface area contributed by atoms with E-state index in [1.165, 1.54) is 18.2 Å². The summed E-state index contributed by atoms with van der Waals surface area (Å²) in [7, 11) is -3.75. The molecule has 0 bridgehead atoms. The van der Waals surface area contributed by atoms with Gasteiger partial charge in [0, 0.05) is 5.69 Å². The number of nitrogens with one attached hydrogen (secondary N) is 1. The zero-order chi connectivity index (χ0) is 14.8. The van der Waals surface area contributed by atoms with Gasteiger partial charge >= 0.3 is 6.09 Å². The van der Waals surface area contributed by atoms with Crippen molar-refractivity contribution in [1.82, 2.24) is 0 Å². The van der Waals surface area contributed by atoms with E-state index in [2.05, 4.69) is 5.32 Å². The van der Waals surface area contributed by atoms with Crippen molar-refractivity contribution in [1.29, 1.82) is 0 Å². The fourth-order valence-corrected chi connectivity index (χ4v) is 2.23. The van der Waals surface area contributed by atoms with Crippen LogP contribution in [-0.2, 0) is 14.8 Å². The Labute approximate surface area is 113 Å². The Kier molecular flexibility index (Phi) is 4.21. The van der Waals surface area contributed by atoms with Gasteiger partial charge in [0.1, 0.15) is 5.60 Å². The second-order valence-corrected chi connectivity index (χ2v) is 6.68. The van der Waals surface area contributed by atoms with E-state index in [1.807, 2.05) is 0 Å². The minimum Gasteiger partial charge on any atom is -0.444 e. The molecule has 0 unspecified atom stereocenters. The third-order valence-corrected chi connectivity index (χ3v) is 3.20. The number of carbonyl (C=O) groups excluding carboxylic acids is 1. The van der Waals surface area contributed by atoms with Crippen molar-refractivity contribution < 1.29 is 17.9 Å². The van der Waals surface area contributed by atoms with Crippen LogP contribution >= 0.6 is 0 Å². The average Bonchev–Trinajstić information content (AvgIpc) is 2.11. The van der Waals surface area contributed by atoms with Crippen LogP contribution in [0.25, 0.3) is 0 Å². The quantitative estimate of drug-likeness (QED) is 0.868. The number of nitrogens with two attached hydrogens (primary N) is 1. The Balaban J connectivity index is 2.89. The maximum atomic E-state index is 11.5. The average molecular weight is 286 g/mol. The van der Waals surface area contributed by atoms with E-state index in [1.54, 1.807) is 27.7 Å². The molecule has 0 aliphatic heterocycles. The monoisotopic (exact) mass is 286 g/mol. The SMILES string of the molecule is Cc1cc(NC(=O)OC(C)(C)C)ccc1S(N)(=O)=O. The molecule has 0 saturated carbocycles. The Hall–Kier alpha value is -1.60. The Morgan fingerprint density at radius 3 is 2.32 bits per heavy atom. The second-order valence-electron chi connectivity index (χ2n) is 5.15. The number of aryl methyl sites for hydroxylation is 1. The van der Waals surface area contributed by atoms with Crippen molar-refractivity contribution in [2.24, 2.45) is 5.14 Å². The van der Waals surface area contributed by atoms with Crippen molar-refractivity contribution in [2.75, 3.05) is 5.32 Å². The molecule has 0 aliphatic rings. The number of sulfonamides is 1. The zero-order valence-corrected chi connectivity index (χ0v) is 12.2. The van der Waals surface area contributed by atoms with E-state index in [9.17, 15) is 13.2 Å². The molecule has 6 nitrogen and oxygen atoms in total. The highest BCUT2D eigenvalue weighted by Crippen LogP contribution is 2.19. The van der Waals surface area contributed by atoms with Crippen LogP contribution in [0.3, 0.4) is 0 Å². The molecule has 1 rings (SSSR count). The molecule has 0 heterocycles. The summed E-state index contributed by atoms with van der Waals surface area (Å²) in [4.78, 5) is 11.6. The number of anilines is 1. The number of ether oxygens (including phenoxy) is 1. The number of carbonyl (C=O) groups is 1. The molecule has 19 heavy (non-hydrogen) atoms. The maximum absolute atomic E-state index is 11.5. The molecular weight excluding hydrogens is 268 g/mol. The molecule has 0 saturated heterocycles. The van der Waals surface area contributed by atoms with Crippen molar-refractivity contribution in [2.45, 2.75) is 38.2 Å². The van der Waals surface area contributed by atoms with E-state index < -0.39 is 21.7 Å². The number of rotatable bonds is 2. The number of amides is 1. The van der Waals surface area contributed by atoms with Crippen LogP contribution in [0.5, 0.6) is 0 Å². The maximum Gasteiger partial charge on any atom is 0.412 e. The summed E-state index contributed by atoms with van der Waals surface area (Å²) in [6, 6.07) is 4.32. The van der Waals surface area contributed by atoms with Gasteiger partial charge in [-0.3, -0.25) is 5.32 Å². The minimum atomic E-state index is -3.75. The van der Waals surface area contributed by atoms with Gasteiger partial charge in [0.25, 0.3) is 0 Å². The van der Waals surface area contributed by atoms with Gasteiger partial charge in [-0.05, 0) is 51.5 Å². The van der Waals surface area contributed by atoms with Crippen LogP contribution < -0.4 is 10.5 Å². The lowest BCUT2D eigenvalue weighted by atomic mass is 10.2. The van der Waals surface area contributed by atoms with Crippen LogP contribution in [-0.4, -0.2) is 20.1 Å². The van der Waals surface area contributed by atoms with Crippen LogP contribution in [0.15, 0.2) is 23.1 Å². The first-order valence-electron chi connectivity index (χ1n) is 5.62. The van der Waals surface area contributed by atoms with Crippen molar-refractivity contribution in [3.05, 3.63) is 23.8 Å². The number of primary sulfonamides is 1. The Morgan fingerprint density at radius 2 is 1.89 bits per heavy atom. The van der Waals surface area contributed by atoms with Gasteiger partial charge < -0.3 is 4.74 Å². The van der Waals surface area contributed by atoms with Gasteiger partial charge in [-0.25, -0.2) is 18.4 Å². The summed E-state index contributed by atoms with van der Waals surface area (Å²) >= 11 is 0. The molecule has 1 aromatic rings. The van der Waals surface area contributed by atoms with Gasteiger partial charge in [-0.2, -0.15) is 0 Å². The highest BCUT2D eigenvalue weighted by Gasteiger charge is 2.17. The first kappa shape index (κ1) is 15.5. The predicted octanol–water partition coefficient (Wildman–Crippen LogP) is 1.99. The molecule has 7 heteroatoms. The third-order valence-electron chi connectivity index (χ3n) is 2.13. The standard InChI is InChI=1S/C12H18N2O4S/c1-8-7-9(5-6-10(8)19(13,16)17)14-11(15)18-12(2,3)4/h5-7H,1-4H3,(H,14,15)(H2,13,16,17). The lowest BCUT2D eigenvalue weighted by molar-refractivity contribution is 0.0636. The van der Waals surface area contributed by atoms with Crippen molar-refractivity contribution >= 4 is 21.8 Å². The molecule has 0 aliphatic carbocycles. The van der Waals surface area contributed by atoms with Crippen molar-refractivity contribution in [3.63, 3.8) is 0 Å². The molecule has 1 aromatic carbocycles. The highest BCUT2D eigenvalue weighted by atomic mass is 32.2. The third kappa shape index (κ3) is 4.88. The predicted molar refractivity (Wildman–Crippen MR) is 72.4 cm³/mol. The Morgan fingerprint density at radius 1 is 1.32 bits per heavy atom. The second kappa shape index (κ2) is 5.18. The van der Waals surface area contributed by atoms with E-state index in [4.69, 9.17) is 9.88 Å². The van der Waals surface area contributed by atoms with E-state index in [0.717, 1.165) is 0 Å². The van der Waals surface area contributed by atoms with Gasteiger partial charge in [-0.1, -0.05) is 0 Å². The fourth-order valence-electron chi connectivity index (χ4n) is 1.47. The molecule has 0 radical (unpaired) electrons. The van der Waals surface area contributed by atoms with Crippen LogP contribution in [0.2, 0.25) is 0 Å². The smallest absolute Gasteiger partial charge is 0.412 e. The summed E-state index contributed by atoms with van der Waals surface area (Å²) in [6.07, 6.45) is -0.602. The summed E-state index contributed by atoms with van der Waals surface area (Å²) in [5, 5.41) is 7.57. The van der Waals surface area contributed by atoms with Crippen molar-refractivity contribution in [3.8, 4) is 0 Å². The lowest BCUT2D eigenvalue weighted by Gasteiger charge is -2.19. The highest BCUT2D eigenvalue weighted by molar-refractivity contribution is 7.89. The van der Waals surface area contributed by atoms with Gasteiger partial charge in [0.2, 0.25) is 10.0 Å². The number of hydrogen-bond donors (Lipinski definition) is 2. The van der Waals surface area contributed by atoms with Gasteiger partial charge in [0.15, 0.2) is 0 Å². The first-order valence-corrected chi connectivity index (χ1v) is 7.17. The molecule has 0 aromatic heterocycles. The molecule has 0 spiro atoms. The lowest BCUT2D eigenvalue weighted by Crippen LogP contribution is -2.27. The molecule has 1 amide bonds. The summed E-state index contributed by atoms with van der Waals surface area (Å²) in [6.45, 7) is 6.85. The van der Waals surface area contributed by atoms with E-state index >= 15 is 0 Å². The summed E-state index contributed by atoms with van der Waals surface area (Å²) < 4.78 is 27.6. The molecule has 0 atom stereocenters. The first-order chi connectivity index (χ1) is 8.49. The zero-order valence-electron chi connectivity index (χ0n) is 11.4. The van der Waals surface area contributed by atoms with Crippen LogP contribution in [0, 0.1) is 6.92 Å². The topological polar surface area (TPSA) is 98.5 Å². The normalized spacial score (nSPS) is 12.1. The minimum absolute atomic E-state index is 0.0299. The molecule has 3 N–H and O–H groups in total. The van der Waals surface area contributed by atoms with E-state index in [-0.39, 0.29) is 4.90 Å². The fraction of sp³-hybridized carbons (Fsp3) is 0.417. The Bertz CT molecular complexity index is 588. The molecule has 0 fully saturated rings. The number of hydrogen-bond acceptors (Lipinski definition) is 4. The van der Waals surface area contributed by atoms with Gasteiger partial charge in [0.05, 0.1) is 4.90 Å². The molecular formula is C12H18N2O4S. The van der Waals surface area contributed by atoms with Gasteiger partial charge in [-0.15, -0.1) is 0 Å². The van der Waals surface area contributed by atoms with Crippen LogP contribution in [0.4, 0.5) is 10.5 Å². The van der Waals surface area contributed by atoms with E-state index in [0.29, 0.717) is 11.3 Å². The number of benzene rings is 1. The largest absolute Gasteiger partial charge is 0.444 e. The summed E-state index contributed by atoms with van der Waals surface area (Å²) in [5.74, 6) is 0. The van der Waals surface area contributed by atoms with Crippen LogP contribution in [0.1, 0.15) is 26.3 Å². The molecule has 106 valence electrons. The summed E-state index contributed by atoms with van der Waals surface area (Å²) in [5.41, 5.74) is 0.301.